The predicted molar refractivity (Wildman–Crippen MR) is 143 cm³/mol. The highest BCUT2D eigenvalue weighted by molar-refractivity contribution is 6.31. The van der Waals surface area contributed by atoms with Crippen molar-refractivity contribution < 1.29 is 14.0 Å². The Morgan fingerprint density at radius 1 is 1.27 bits per heavy atom. The summed E-state index contributed by atoms with van der Waals surface area (Å²) in [5.74, 6) is 0.545. The Kier molecular flexibility index (Phi) is 8.31. The maximum atomic E-state index is 13.4. The summed E-state index contributed by atoms with van der Waals surface area (Å²) in [5.41, 5.74) is 2.30. The van der Waals surface area contributed by atoms with E-state index in [2.05, 4.69) is 15.6 Å². The molecular weight excluding hydrogens is 492 g/mol. The minimum atomic E-state index is -0.715. The Bertz CT molecular complexity index is 1360. The molecular formula is C27H29ClN6O3. The van der Waals surface area contributed by atoms with Crippen molar-refractivity contribution in [2.45, 2.75) is 38.8 Å². The summed E-state index contributed by atoms with van der Waals surface area (Å²) in [4.78, 5) is 34.0. The third kappa shape index (κ3) is 6.60. The molecule has 0 spiro atoms. The van der Waals surface area contributed by atoms with Gasteiger partial charge >= 0.3 is 0 Å². The first kappa shape index (κ1) is 26.0. The molecule has 1 aliphatic rings. The van der Waals surface area contributed by atoms with Crippen molar-refractivity contribution in [1.82, 2.24) is 15.1 Å². The van der Waals surface area contributed by atoms with Crippen molar-refractivity contribution in [3.05, 3.63) is 64.9 Å². The molecule has 3 aromatic rings. The number of fused-ring (bicyclic) bond motifs is 1. The number of benzene rings is 2. The highest BCUT2D eigenvalue weighted by Crippen LogP contribution is 2.23. The second kappa shape index (κ2) is 11.8. The van der Waals surface area contributed by atoms with E-state index in [1.54, 1.807) is 22.9 Å². The number of hydrogen-bond acceptors (Lipinski definition) is 5. The van der Waals surface area contributed by atoms with E-state index >= 15 is 0 Å². The van der Waals surface area contributed by atoms with Crippen LogP contribution in [0.4, 0.5) is 5.69 Å². The quantitative estimate of drug-likeness (QED) is 0.217. The zero-order chi connectivity index (χ0) is 26.4. The number of aliphatic imine (C=N–C) groups is 1. The van der Waals surface area contributed by atoms with Gasteiger partial charge in [0.15, 0.2) is 6.19 Å². The molecule has 4 rings (SSSR count). The van der Waals surface area contributed by atoms with Crippen LogP contribution in [0, 0.1) is 18.4 Å². The van der Waals surface area contributed by atoms with Crippen LogP contribution in [0.2, 0.25) is 5.02 Å². The molecule has 37 heavy (non-hydrogen) atoms. The third-order valence-electron chi connectivity index (χ3n) is 6.23. The predicted octanol–water partition coefficient (Wildman–Crippen LogP) is 4.27. The number of aryl methyl sites for hydroxylation is 1. The smallest absolute Gasteiger partial charge is 0.247 e. The number of nitriles is 1. The van der Waals surface area contributed by atoms with E-state index in [9.17, 15) is 14.9 Å². The van der Waals surface area contributed by atoms with E-state index in [1.165, 1.54) is 0 Å². The summed E-state index contributed by atoms with van der Waals surface area (Å²) < 4.78 is 5.61. The van der Waals surface area contributed by atoms with Crippen LogP contribution >= 0.6 is 11.6 Å². The lowest BCUT2D eigenvalue weighted by molar-refractivity contribution is -0.140. The minimum absolute atomic E-state index is 0.0449. The summed E-state index contributed by atoms with van der Waals surface area (Å²) >= 11 is 6.23. The summed E-state index contributed by atoms with van der Waals surface area (Å²) in [6.45, 7) is 2.65. The van der Waals surface area contributed by atoms with Crippen LogP contribution in [0.1, 0.15) is 30.6 Å². The number of likely N-dealkylation sites (tertiary alicyclic amines) is 1. The van der Waals surface area contributed by atoms with Gasteiger partial charge in [-0.25, -0.2) is 4.99 Å². The molecule has 2 aromatic carbocycles. The molecule has 1 saturated heterocycles. The van der Waals surface area contributed by atoms with Crippen LogP contribution in [-0.4, -0.2) is 53.8 Å². The molecule has 1 aliphatic heterocycles. The first-order valence-corrected chi connectivity index (χ1v) is 12.5. The van der Waals surface area contributed by atoms with Gasteiger partial charge in [0, 0.05) is 36.2 Å². The zero-order valence-corrected chi connectivity index (χ0v) is 21.6. The van der Waals surface area contributed by atoms with Gasteiger partial charge in [-0.1, -0.05) is 29.8 Å². The Hall–Kier alpha value is -4.03. The number of halogens is 1. The number of nitrogens with one attached hydrogen (secondary N) is 2. The van der Waals surface area contributed by atoms with Crippen molar-refractivity contribution >= 4 is 46.0 Å². The van der Waals surface area contributed by atoms with Crippen molar-refractivity contribution in [3.8, 4) is 6.19 Å². The normalized spacial score (nSPS) is 16.3. The number of amides is 2. The molecule has 0 saturated carbocycles. The molecule has 2 N–H and O–H groups in total. The Balaban J connectivity index is 1.46. The molecule has 0 radical (unpaired) electrons. The van der Waals surface area contributed by atoms with Crippen LogP contribution in [0.15, 0.2) is 57.9 Å². The fourth-order valence-electron chi connectivity index (χ4n) is 4.31. The van der Waals surface area contributed by atoms with Gasteiger partial charge in [-0.2, -0.15) is 5.26 Å². The van der Waals surface area contributed by atoms with Gasteiger partial charge in [0.1, 0.15) is 17.4 Å². The van der Waals surface area contributed by atoms with Crippen LogP contribution in [-0.2, 0) is 16.1 Å². The topological polar surface area (TPSA) is 114 Å². The molecule has 2 amide bonds. The lowest BCUT2D eigenvalue weighted by Gasteiger charge is -2.26. The Morgan fingerprint density at radius 3 is 2.86 bits per heavy atom. The number of carbonyl (C=O) groups excluding carboxylic acids is 2. The molecule has 2 heterocycles. The van der Waals surface area contributed by atoms with E-state index < -0.39 is 6.04 Å². The van der Waals surface area contributed by atoms with E-state index in [0.29, 0.717) is 30.2 Å². The summed E-state index contributed by atoms with van der Waals surface area (Å²) in [5, 5.41) is 16.4. The van der Waals surface area contributed by atoms with E-state index in [1.807, 2.05) is 55.6 Å². The highest BCUT2D eigenvalue weighted by atomic mass is 35.5. The number of nitrogens with zero attached hydrogens (tertiary/aromatic N) is 4. The van der Waals surface area contributed by atoms with Crippen molar-refractivity contribution in [2.24, 2.45) is 4.99 Å². The zero-order valence-electron chi connectivity index (χ0n) is 20.8. The number of hydrogen-bond donors (Lipinski definition) is 2. The molecule has 1 aromatic heterocycles. The Labute approximate surface area is 220 Å². The van der Waals surface area contributed by atoms with Gasteiger partial charge in [0.05, 0.1) is 6.54 Å². The van der Waals surface area contributed by atoms with Crippen molar-refractivity contribution in [2.75, 3.05) is 25.5 Å². The van der Waals surface area contributed by atoms with Gasteiger partial charge < -0.3 is 19.5 Å². The van der Waals surface area contributed by atoms with Crippen LogP contribution in [0.3, 0.4) is 0 Å². The molecule has 1 fully saturated rings. The number of guanidine groups is 1. The fraction of sp³-hybridized carbons (Fsp3) is 0.333. The number of rotatable bonds is 6. The van der Waals surface area contributed by atoms with Crippen LogP contribution in [0.5, 0.6) is 0 Å². The maximum absolute atomic E-state index is 13.4. The van der Waals surface area contributed by atoms with E-state index in [4.69, 9.17) is 16.0 Å². The minimum Gasteiger partial charge on any atom is -0.461 e. The van der Waals surface area contributed by atoms with Gasteiger partial charge in [-0.3, -0.25) is 14.9 Å². The lowest BCUT2D eigenvalue weighted by Crippen LogP contribution is -2.45. The lowest BCUT2D eigenvalue weighted by atomic mass is 10.1. The number of carbonyl (C=O) groups is 2. The summed E-state index contributed by atoms with van der Waals surface area (Å²) in [6, 6.07) is 14.1. The standard InChI is InChI=1S/C27H29ClN6O3/c1-18-13-20-14-21(10-11-24(20)37-18)31-27(30-17-29)32-23-9-5-6-12-34(26(23)36)16-25(35)33(2)15-19-7-3-4-8-22(19)28/h3-4,7-8,10-11,13-14,23H,5-6,9,12,15-16H2,1-2H3,(H2,30,31,32)/t23-/m0/s1. The number of furan rings is 1. The van der Waals surface area contributed by atoms with Gasteiger partial charge in [0.25, 0.3) is 0 Å². The average molecular weight is 521 g/mol. The SMILES string of the molecule is Cc1cc2cc(NC(=N[C@H]3CCCCN(CC(=O)N(C)Cc4ccccc4Cl)C3=O)NC#N)ccc2o1. The van der Waals surface area contributed by atoms with Gasteiger partial charge in [-0.15, -0.1) is 0 Å². The Morgan fingerprint density at radius 2 is 2.08 bits per heavy atom. The molecule has 0 aliphatic carbocycles. The molecule has 1 atom stereocenters. The molecule has 10 heteroatoms. The second-order valence-corrected chi connectivity index (χ2v) is 9.47. The summed E-state index contributed by atoms with van der Waals surface area (Å²) in [7, 11) is 1.70. The monoisotopic (exact) mass is 520 g/mol. The molecule has 0 bridgehead atoms. The van der Waals surface area contributed by atoms with Crippen molar-refractivity contribution in [1.29, 1.82) is 5.26 Å². The van der Waals surface area contributed by atoms with E-state index in [0.717, 1.165) is 35.1 Å². The maximum Gasteiger partial charge on any atom is 0.247 e. The van der Waals surface area contributed by atoms with Crippen LogP contribution < -0.4 is 10.6 Å². The first-order chi connectivity index (χ1) is 17.8. The van der Waals surface area contributed by atoms with Crippen molar-refractivity contribution in [3.63, 3.8) is 0 Å². The highest BCUT2D eigenvalue weighted by Gasteiger charge is 2.29. The number of anilines is 1. The molecule has 0 unspecified atom stereocenters. The van der Waals surface area contributed by atoms with Gasteiger partial charge in [-0.05, 0) is 62.1 Å². The molecule has 192 valence electrons. The first-order valence-electron chi connectivity index (χ1n) is 12.1. The largest absolute Gasteiger partial charge is 0.461 e. The third-order valence-corrected chi connectivity index (χ3v) is 6.60. The van der Waals surface area contributed by atoms with Gasteiger partial charge in [0.2, 0.25) is 17.8 Å². The fourth-order valence-corrected chi connectivity index (χ4v) is 4.51. The van der Waals surface area contributed by atoms with Crippen LogP contribution in [0.25, 0.3) is 11.0 Å². The second-order valence-electron chi connectivity index (χ2n) is 9.06. The molecule has 9 nitrogen and oxygen atoms in total. The average Bonchev–Trinajstić information content (AvgIpc) is 3.16. The summed E-state index contributed by atoms with van der Waals surface area (Å²) in [6.07, 6.45) is 3.95. The number of likely N-dealkylation sites (N-methyl/N-ethyl adjacent to an activating group) is 1. The van der Waals surface area contributed by atoms with E-state index in [-0.39, 0.29) is 24.3 Å².